The normalized spacial score (nSPS) is 18.7. The van der Waals surface area contributed by atoms with Gasteiger partial charge >= 0.3 is 5.97 Å². The van der Waals surface area contributed by atoms with Crippen molar-refractivity contribution in [2.75, 3.05) is 26.8 Å². The lowest BCUT2D eigenvalue weighted by molar-refractivity contribution is -0.149. The van der Waals surface area contributed by atoms with Gasteiger partial charge in [-0.15, -0.1) is 11.3 Å². The maximum Gasteiger partial charge on any atom is 0.310 e. The van der Waals surface area contributed by atoms with E-state index in [1.807, 2.05) is 5.38 Å². The minimum Gasteiger partial charge on any atom is -0.495 e. The van der Waals surface area contributed by atoms with Gasteiger partial charge in [0.25, 0.3) is 5.91 Å². The van der Waals surface area contributed by atoms with Crippen LogP contribution in [0.4, 0.5) is 0 Å². The number of thiophene rings is 1. The molecule has 2 rings (SSSR count). The standard InChI is InChI=1S/C14H19NO4S/c1-3-19-14(17)10-5-4-7-15(9-10)13(16)12-11(18-2)6-8-20-12/h6,8,10H,3-5,7,9H2,1-2H3/t10-/m0/s1. The van der Waals surface area contributed by atoms with Gasteiger partial charge in [-0.2, -0.15) is 0 Å². The Morgan fingerprint density at radius 3 is 3.00 bits per heavy atom. The highest BCUT2D eigenvalue weighted by atomic mass is 32.1. The fraction of sp³-hybridized carbons (Fsp3) is 0.571. The number of likely N-dealkylation sites (tertiary alicyclic amines) is 1. The molecule has 1 amide bonds. The molecular weight excluding hydrogens is 278 g/mol. The van der Waals surface area contributed by atoms with Crippen LogP contribution in [-0.4, -0.2) is 43.6 Å². The van der Waals surface area contributed by atoms with Crippen LogP contribution in [0.25, 0.3) is 0 Å². The highest BCUT2D eigenvalue weighted by Gasteiger charge is 2.31. The Morgan fingerprint density at radius 1 is 1.50 bits per heavy atom. The third kappa shape index (κ3) is 3.12. The van der Waals surface area contributed by atoms with Crippen molar-refractivity contribution in [2.45, 2.75) is 19.8 Å². The maximum absolute atomic E-state index is 12.5. The molecule has 1 aromatic rings. The van der Waals surface area contributed by atoms with Gasteiger partial charge in [-0.25, -0.2) is 0 Å². The first-order chi connectivity index (χ1) is 9.67. The molecule has 20 heavy (non-hydrogen) atoms. The number of nitrogens with zero attached hydrogens (tertiary/aromatic N) is 1. The van der Waals surface area contributed by atoms with Crippen LogP contribution in [0.1, 0.15) is 29.4 Å². The number of amides is 1. The van der Waals surface area contributed by atoms with Gasteiger partial charge in [0.2, 0.25) is 0 Å². The molecule has 0 bridgehead atoms. The summed E-state index contributed by atoms with van der Waals surface area (Å²) >= 11 is 1.36. The number of carbonyl (C=O) groups is 2. The van der Waals surface area contributed by atoms with E-state index in [2.05, 4.69) is 0 Å². The van der Waals surface area contributed by atoms with Crippen LogP contribution < -0.4 is 4.74 Å². The summed E-state index contributed by atoms with van der Waals surface area (Å²) in [6.07, 6.45) is 1.60. The van der Waals surface area contributed by atoms with Gasteiger partial charge in [0.1, 0.15) is 10.6 Å². The van der Waals surface area contributed by atoms with Crippen LogP contribution in [-0.2, 0) is 9.53 Å². The minimum atomic E-state index is -0.210. The van der Waals surface area contributed by atoms with Gasteiger partial charge in [-0.3, -0.25) is 9.59 Å². The highest BCUT2D eigenvalue weighted by Crippen LogP contribution is 2.28. The fourth-order valence-electron chi connectivity index (χ4n) is 2.37. The number of piperidine rings is 1. The second-order valence-corrected chi connectivity index (χ2v) is 5.58. The van der Waals surface area contributed by atoms with E-state index in [1.54, 1.807) is 25.0 Å². The Bertz CT molecular complexity index is 485. The summed E-state index contributed by atoms with van der Waals surface area (Å²) in [5, 5.41) is 1.83. The number of hydrogen-bond donors (Lipinski definition) is 0. The van der Waals surface area contributed by atoms with Crippen molar-refractivity contribution in [1.82, 2.24) is 4.90 Å². The number of methoxy groups -OCH3 is 1. The van der Waals surface area contributed by atoms with Gasteiger partial charge in [0, 0.05) is 13.1 Å². The van der Waals surface area contributed by atoms with Crippen LogP contribution in [0.15, 0.2) is 11.4 Å². The molecule has 0 aromatic carbocycles. The largest absolute Gasteiger partial charge is 0.495 e. The van der Waals surface area contributed by atoms with E-state index in [0.29, 0.717) is 30.3 Å². The topological polar surface area (TPSA) is 55.8 Å². The third-order valence-corrected chi connectivity index (χ3v) is 4.26. The molecule has 110 valence electrons. The molecule has 1 atom stereocenters. The van der Waals surface area contributed by atoms with Crippen LogP contribution >= 0.6 is 11.3 Å². The zero-order chi connectivity index (χ0) is 14.5. The monoisotopic (exact) mass is 297 g/mol. The molecule has 1 fully saturated rings. The van der Waals surface area contributed by atoms with Crippen LogP contribution in [0.2, 0.25) is 0 Å². The van der Waals surface area contributed by atoms with E-state index in [9.17, 15) is 9.59 Å². The average Bonchev–Trinajstić information content (AvgIpc) is 2.95. The molecule has 0 spiro atoms. The van der Waals surface area contributed by atoms with E-state index in [0.717, 1.165) is 12.8 Å². The second-order valence-electron chi connectivity index (χ2n) is 4.66. The summed E-state index contributed by atoms with van der Waals surface area (Å²) in [5.74, 6) is 0.117. The molecule has 0 radical (unpaired) electrons. The Morgan fingerprint density at radius 2 is 2.30 bits per heavy atom. The SMILES string of the molecule is CCOC(=O)[C@H]1CCCN(C(=O)c2sccc2OC)C1. The van der Waals surface area contributed by atoms with Crippen LogP contribution in [0.3, 0.4) is 0 Å². The Balaban J connectivity index is 2.05. The Hall–Kier alpha value is -1.56. The lowest BCUT2D eigenvalue weighted by Gasteiger charge is -2.31. The molecular formula is C14H19NO4S. The Kier molecular flexibility index (Phi) is 5.00. The van der Waals surface area contributed by atoms with Gasteiger partial charge in [0.15, 0.2) is 0 Å². The zero-order valence-corrected chi connectivity index (χ0v) is 12.6. The fourth-order valence-corrected chi connectivity index (χ4v) is 3.20. The summed E-state index contributed by atoms with van der Waals surface area (Å²) in [6.45, 7) is 3.27. The lowest BCUT2D eigenvalue weighted by Crippen LogP contribution is -2.42. The van der Waals surface area contributed by atoms with E-state index in [-0.39, 0.29) is 17.8 Å². The molecule has 1 aliphatic heterocycles. The maximum atomic E-state index is 12.5. The average molecular weight is 297 g/mol. The molecule has 1 aromatic heterocycles. The summed E-state index contributed by atoms with van der Waals surface area (Å²) < 4.78 is 10.2. The molecule has 5 nitrogen and oxygen atoms in total. The summed E-state index contributed by atoms with van der Waals surface area (Å²) in [4.78, 5) is 26.6. The molecule has 1 aliphatic rings. The third-order valence-electron chi connectivity index (χ3n) is 3.37. The number of carbonyl (C=O) groups excluding carboxylic acids is 2. The van der Waals surface area contributed by atoms with E-state index in [4.69, 9.17) is 9.47 Å². The molecule has 6 heteroatoms. The van der Waals surface area contributed by atoms with Crippen molar-refractivity contribution < 1.29 is 19.1 Å². The predicted molar refractivity (Wildman–Crippen MR) is 76.1 cm³/mol. The van der Waals surface area contributed by atoms with E-state index >= 15 is 0 Å². The molecule has 0 N–H and O–H groups in total. The number of esters is 1. The molecule has 0 saturated carbocycles. The Labute approximate surface area is 122 Å². The van der Waals surface area contributed by atoms with E-state index in [1.165, 1.54) is 11.3 Å². The smallest absolute Gasteiger partial charge is 0.310 e. The van der Waals surface area contributed by atoms with Crippen molar-refractivity contribution in [3.05, 3.63) is 16.3 Å². The minimum absolute atomic E-state index is 0.0640. The second kappa shape index (κ2) is 6.74. The van der Waals surface area contributed by atoms with Gasteiger partial charge in [-0.05, 0) is 31.2 Å². The van der Waals surface area contributed by atoms with Crippen molar-refractivity contribution in [3.8, 4) is 5.75 Å². The van der Waals surface area contributed by atoms with Crippen LogP contribution in [0.5, 0.6) is 5.75 Å². The van der Waals surface area contributed by atoms with Gasteiger partial charge in [-0.1, -0.05) is 0 Å². The van der Waals surface area contributed by atoms with Crippen LogP contribution in [0, 0.1) is 5.92 Å². The number of hydrogen-bond acceptors (Lipinski definition) is 5. The summed E-state index contributed by atoms with van der Waals surface area (Å²) in [5.41, 5.74) is 0. The van der Waals surface area contributed by atoms with Gasteiger partial charge < -0.3 is 14.4 Å². The lowest BCUT2D eigenvalue weighted by atomic mass is 9.98. The van der Waals surface area contributed by atoms with Crippen molar-refractivity contribution >= 4 is 23.2 Å². The van der Waals surface area contributed by atoms with Crippen molar-refractivity contribution in [3.63, 3.8) is 0 Å². The predicted octanol–water partition coefficient (Wildman–Crippen LogP) is 2.17. The first kappa shape index (κ1) is 14.8. The zero-order valence-electron chi connectivity index (χ0n) is 11.8. The molecule has 0 aliphatic carbocycles. The van der Waals surface area contributed by atoms with Crippen molar-refractivity contribution in [2.24, 2.45) is 5.92 Å². The first-order valence-electron chi connectivity index (χ1n) is 6.74. The van der Waals surface area contributed by atoms with Crippen molar-refractivity contribution in [1.29, 1.82) is 0 Å². The molecule has 2 heterocycles. The summed E-state index contributed by atoms with van der Waals surface area (Å²) in [6, 6.07) is 1.78. The first-order valence-corrected chi connectivity index (χ1v) is 7.62. The summed E-state index contributed by atoms with van der Waals surface area (Å²) in [7, 11) is 1.55. The van der Waals surface area contributed by atoms with E-state index < -0.39 is 0 Å². The molecule has 0 unspecified atom stereocenters. The van der Waals surface area contributed by atoms with Gasteiger partial charge in [0.05, 0.1) is 19.6 Å². The quantitative estimate of drug-likeness (QED) is 0.799. The number of ether oxygens (including phenoxy) is 2. The number of rotatable bonds is 4. The molecule has 1 saturated heterocycles. The highest BCUT2D eigenvalue weighted by molar-refractivity contribution is 7.12.